The number of hydrogen-bond donors (Lipinski definition) is 0. The van der Waals surface area contributed by atoms with E-state index < -0.39 is 0 Å². The molecule has 1 atom stereocenters. The number of anilines is 1. The lowest BCUT2D eigenvalue weighted by atomic mass is 10.2. The van der Waals surface area contributed by atoms with Gasteiger partial charge in [0.05, 0.1) is 18.3 Å². The molecule has 0 bridgehead atoms. The van der Waals surface area contributed by atoms with E-state index in [0.29, 0.717) is 5.56 Å². The van der Waals surface area contributed by atoms with Crippen LogP contribution >= 0.6 is 0 Å². The monoisotopic (exact) mass is 286 g/mol. The van der Waals surface area contributed by atoms with Crippen molar-refractivity contribution in [2.24, 2.45) is 5.92 Å². The third kappa shape index (κ3) is 3.93. The molecule has 1 aliphatic carbocycles. The lowest BCUT2D eigenvalue weighted by molar-refractivity contribution is -0.0149. The zero-order chi connectivity index (χ0) is 14.7. The fraction of sp³-hybridized carbons (Fsp3) is 0.625. The molecule has 21 heavy (non-hydrogen) atoms. The molecule has 3 rings (SSSR count). The molecule has 2 aliphatic rings. The quantitative estimate of drug-likeness (QED) is 0.821. The Bertz CT molecular complexity index is 506. The number of morpholine rings is 1. The molecule has 1 aromatic heterocycles. The van der Waals surface area contributed by atoms with Crippen LogP contribution < -0.4 is 4.90 Å². The summed E-state index contributed by atoms with van der Waals surface area (Å²) in [5, 5.41) is 8.88. The highest BCUT2D eigenvalue weighted by molar-refractivity contribution is 5.42. The van der Waals surface area contributed by atoms with E-state index in [1.165, 1.54) is 12.8 Å². The molecule has 1 aliphatic heterocycles. The van der Waals surface area contributed by atoms with Crippen molar-refractivity contribution in [3.8, 4) is 6.07 Å². The average Bonchev–Trinajstić information content (AvgIpc) is 3.31. The van der Waals surface area contributed by atoms with Crippen LogP contribution in [0.15, 0.2) is 18.3 Å². The fourth-order valence-corrected chi connectivity index (χ4v) is 2.74. The van der Waals surface area contributed by atoms with E-state index in [2.05, 4.69) is 27.9 Å². The highest BCUT2D eigenvalue weighted by Gasteiger charge is 2.28. The molecule has 112 valence electrons. The minimum atomic E-state index is 0.236. The van der Waals surface area contributed by atoms with Crippen LogP contribution in [0.1, 0.15) is 18.4 Å². The summed E-state index contributed by atoms with van der Waals surface area (Å²) < 4.78 is 5.88. The molecule has 0 amide bonds. The van der Waals surface area contributed by atoms with Crippen molar-refractivity contribution >= 4 is 5.82 Å². The normalized spacial score (nSPS) is 22.8. The molecule has 2 fully saturated rings. The van der Waals surface area contributed by atoms with Gasteiger partial charge in [-0.2, -0.15) is 5.26 Å². The van der Waals surface area contributed by atoms with Crippen LogP contribution in [0.25, 0.3) is 0 Å². The third-order valence-corrected chi connectivity index (χ3v) is 4.14. The van der Waals surface area contributed by atoms with Gasteiger partial charge in [0.15, 0.2) is 0 Å². The molecule has 5 heteroatoms. The number of likely N-dealkylation sites (N-methyl/N-ethyl adjacent to an activating group) is 1. The summed E-state index contributed by atoms with van der Waals surface area (Å²) in [6, 6.07) is 5.92. The van der Waals surface area contributed by atoms with E-state index >= 15 is 0 Å². The summed E-state index contributed by atoms with van der Waals surface area (Å²) >= 11 is 0. The number of aromatic nitrogens is 1. The number of hydrogen-bond acceptors (Lipinski definition) is 5. The third-order valence-electron chi connectivity index (χ3n) is 4.14. The molecule has 5 nitrogen and oxygen atoms in total. The molecular weight excluding hydrogens is 264 g/mol. The minimum absolute atomic E-state index is 0.236. The van der Waals surface area contributed by atoms with Gasteiger partial charge in [0.2, 0.25) is 0 Å². The van der Waals surface area contributed by atoms with Crippen molar-refractivity contribution < 1.29 is 4.74 Å². The maximum atomic E-state index is 8.88. The second-order valence-electron chi connectivity index (χ2n) is 6.12. The van der Waals surface area contributed by atoms with Crippen molar-refractivity contribution in [2.75, 3.05) is 44.7 Å². The second-order valence-corrected chi connectivity index (χ2v) is 6.12. The second kappa shape index (κ2) is 6.42. The Morgan fingerprint density at radius 2 is 2.29 bits per heavy atom. The zero-order valence-electron chi connectivity index (χ0n) is 12.5. The van der Waals surface area contributed by atoms with E-state index in [1.807, 2.05) is 12.1 Å². The highest BCUT2D eigenvalue weighted by atomic mass is 16.5. The summed E-state index contributed by atoms with van der Waals surface area (Å²) in [5.41, 5.74) is 0.610. The van der Waals surface area contributed by atoms with Crippen LogP contribution in [0.2, 0.25) is 0 Å². The van der Waals surface area contributed by atoms with E-state index in [9.17, 15) is 0 Å². The van der Waals surface area contributed by atoms with Crippen molar-refractivity contribution in [2.45, 2.75) is 18.9 Å². The van der Waals surface area contributed by atoms with Crippen LogP contribution in [0.3, 0.4) is 0 Å². The summed E-state index contributed by atoms with van der Waals surface area (Å²) in [6.07, 6.45) is 4.53. The Balaban J connectivity index is 1.68. The first kappa shape index (κ1) is 14.3. The van der Waals surface area contributed by atoms with Gasteiger partial charge in [-0.15, -0.1) is 0 Å². The zero-order valence-corrected chi connectivity index (χ0v) is 12.5. The highest BCUT2D eigenvalue weighted by Crippen LogP contribution is 2.31. The van der Waals surface area contributed by atoms with Crippen molar-refractivity contribution in [3.63, 3.8) is 0 Å². The Hall–Kier alpha value is -1.64. The number of ether oxygens (including phenoxy) is 1. The van der Waals surface area contributed by atoms with Gasteiger partial charge >= 0.3 is 0 Å². The van der Waals surface area contributed by atoms with Crippen LogP contribution in [0.4, 0.5) is 5.82 Å². The Morgan fingerprint density at radius 1 is 1.43 bits per heavy atom. The predicted molar refractivity (Wildman–Crippen MR) is 81.1 cm³/mol. The summed E-state index contributed by atoms with van der Waals surface area (Å²) in [4.78, 5) is 9.09. The summed E-state index contributed by atoms with van der Waals surface area (Å²) in [5.74, 6) is 1.75. The Morgan fingerprint density at radius 3 is 2.90 bits per heavy atom. The molecule has 0 spiro atoms. The Kier molecular flexibility index (Phi) is 4.37. The van der Waals surface area contributed by atoms with Gasteiger partial charge in [0.25, 0.3) is 0 Å². The molecule has 2 heterocycles. The minimum Gasteiger partial charge on any atom is -0.374 e. The first-order valence-electron chi connectivity index (χ1n) is 7.66. The lowest BCUT2D eigenvalue weighted by Crippen LogP contribution is -2.46. The topological polar surface area (TPSA) is 52.4 Å². The Labute approximate surface area is 126 Å². The fourth-order valence-electron chi connectivity index (χ4n) is 2.74. The molecule has 1 saturated carbocycles. The predicted octanol–water partition coefficient (Wildman–Crippen LogP) is 1.50. The maximum Gasteiger partial charge on any atom is 0.128 e. The van der Waals surface area contributed by atoms with Crippen LogP contribution in [0, 0.1) is 17.2 Å². The van der Waals surface area contributed by atoms with E-state index in [1.54, 1.807) is 6.20 Å². The summed E-state index contributed by atoms with van der Waals surface area (Å²) in [7, 11) is 2.14. The molecule has 0 radical (unpaired) electrons. The standard InChI is InChI=1S/C16H22N4O/c1-19-6-7-21-15(11-19)12-20(10-13-2-3-13)16-5-4-14(8-17)9-18-16/h4-5,9,13,15H,2-3,6-7,10-12H2,1H3/t15-/m0/s1. The van der Waals surface area contributed by atoms with Crippen molar-refractivity contribution in [1.29, 1.82) is 5.26 Å². The van der Waals surface area contributed by atoms with Crippen molar-refractivity contribution in [1.82, 2.24) is 9.88 Å². The number of pyridine rings is 1. The van der Waals surface area contributed by atoms with Gasteiger partial charge in [-0.3, -0.25) is 0 Å². The molecule has 0 N–H and O–H groups in total. The van der Waals surface area contributed by atoms with Gasteiger partial charge in [0, 0.05) is 32.4 Å². The maximum absolute atomic E-state index is 8.88. The average molecular weight is 286 g/mol. The number of nitrogens with zero attached hydrogens (tertiary/aromatic N) is 4. The number of rotatable bonds is 5. The van der Waals surface area contributed by atoms with E-state index in [-0.39, 0.29) is 6.10 Å². The van der Waals surface area contributed by atoms with Crippen LogP contribution in [-0.4, -0.2) is 55.8 Å². The SMILES string of the molecule is CN1CCO[C@H](CN(CC2CC2)c2ccc(C#N)cn2)C1. The molecule has 0 aromatic carbocycles. The molecule has 1 saturated heterocycles. The van der Waals surface area contributed by atoms with Crippen LogP contribution in [-0.2, 0) is 4.74 Å². The smallest absolute Gasteiger partial charge is 0.128 e. The van der Waals surface area contributed by atoms with Gasteiger partial charge in [-0.25, -0.2) is 4.98 Å². The van der Waals surface area contributed by atoms with E-state index in [4.69, 9.17) is 10.00 Å². The summed E-state index contributed by atoms with van der Waals surface area (Å²) in [6.45, 7) is 4.70. The van der Waals surface area contributed by atoms with Gasteiger partial charge in [-0.05, 0) is 37.9 Å². The number of nitriles is 1. The first-order chi connectivity index (χ1) is 10.2. The van der Waals surface area contributed by atoms with Gasteiger partial charge in [-0.1, -0.05) is 0 Å². The van der Waals surface area contributed by atoms with Crippen LogP contribution in [0.5, 0.6) is 0 Å². The molecule has 0 unspecified atom stereocenters. The first-order valence-corrected chi connectivity index (χ1v) is 7.66. The molecular formula is C16H22N4O. The lowest BCUT2D eigenvalue weighted by Gasteiger charge is -2.34. The molecule has 1 aromatic rings. The van der Waals surface area contributed by atoms with Crippen molar-refractivity contribution in [3.05, 3.63) is 23.9 Å². The van der Waals surface area contributed by atoms with E-state index in [0.717, 1.165) is 44.5 Å². The van der Waals surface area contributed by atoms with Gasteiger partial charge < -0.3 is 14.5 Å². The largest absolute Gasteiger partial charge is 0.374 e. The van der Waals surface area contributed by atoms with Gasteiger partial charge in [0.1, 0.15) is 11.9 Å².